The predicted molar refractivity (Wildman–Crippen MR) is 113 cm³/mol. The minimum atomic E-state index is 0.690. The van der Waals surface area contributed by atoms with E-state index in [1.807, 2.05) is 0 Å². The molecule has 0 unspecified atom stereocenters. The fraction of sp³-hybridized carbons (Fsp3) is 1.00. The van der Waals surface area contributed by atoms with Crippen LogP contribution in [0, 0.1) is 0 Å². The summed E-state index contributed by atoms with van der Waals surface area (Å²) in [6.07, 6.45) is 14.4. The SMILES string of the molecule is CCCCCCCCCCCCN(C)C.CCN(C(C)C)C(C)C. The summed E-state index contributed by atoms with van der Waals surface area (Å²) >= 11 is 0. The third kappa shape index (κ3) is 20.0. The number of unbranched alkanes of at least 4 members (excludes halogenated alkanes) is 9. The second-order valence-corrected chi connectivity index (χ2v) is 8.00. The molecule has 0 radical (unpaired) electrons. The van der Waals surface area contributed by atoms with E-state index in [0.717, 1.165) is 6.54 Å². The summed E-state index contributed by atoms with van der Waals surface area (Å²) in [5.41, 5.74) is 0. The average molecular weight is 343 g/mol. The molecule has 0 aromatic carbocycles. The van der Waals surface area contributed by atoms with E-state index < -0.39 is 0 Å². The van der Waals surface area contributed by atoms with Crippen molar-refractivity contribution in [3.05, 3.63) is 0 Å². The Morgan fingerprint density at radius 1 is 0.583 bits per heavy atom. The third-order valence-corrected chi connectivity index (χ3v) is 4.65. The van der Waals surface area contributed by atoms with E-state index in [1.165, 1.54) is 70.8 Å². The molecular formula is C22H50N2. The maximum atomic E-state index is 2.46. The van der Waals surface area contributed by atoms with Crippen LogP contribution in [-0.4, -0.2) is 49.1 Å². The highest BCUT2D eigenvalue weighted by Crippen LogP contribution is 2.10. The highest BCUT2D eigenvalue weighted by atomic mass is 15.2. The van der Waals surface area contributed by atoms with Crippen molar-refractivity contribution in [2.45, 2.75) is 118 Å². The number of rotatable bonds is 14. The van der Waals surface area contributed by atoms with Gasteiger partial charge < -0.3 is 4.90 Å². The first-order valence-corrected chi connectivity index (χ1v) is 10.8. The summed E-state index contributed by atoms with van der Waals surface area (Å²) < 4.78 is 0. The molecule has 0 spiro atoms. The lowest BCUT2D eigenvalue weighted by Gasteiger charge is -2.28. The third-order valence-electron chi connectivity index (χ3n) is 4.65. The summed E-state index contributed by atoms with van der Waals surface area (Å²) in [5, 5.41) is 0. The monoisotopic (exact) mass is 342 g/mol. The van der Waals surface area contributed by atoms with Crippen LogP contribution in [0.3, 0.4) is 0 Å². The van der Waals surface area contributed by atoms with E-state index in [-0.39, 0.29) is 0 Å². The maximum absolute atomic E-state index is 2.46. The first kappa shape index (κ1) is 26.2. The zero-order valence-electron chi connectivity index (χ0n) is 18.5. The molecule has 0 bridgehead atoms. The Labute approximate surface area is 155 Å². The molecule has 2 nitrogen and oxygen atoms in total. The summed E-state index contributed by atoms with van der Waals surface area (Å²) in [5.74, 6) is 0. The lowest BCUT2D eigenvalue weighted by molar-refractivity contribution is 0.185. The largest absolute Gasteiger partial charge is 0.309 e. The molecule has 0 saturated heterocycles. The van der Waals surface area contributed by atoms with Gasteiger partial charge in [-0.1, -0.05) is 71.6 Å². The van der Waals surface area contributed by atoms with E-state index in [2.05, 4.69) is 65.4 Å². The standard InChI is InChI=1S/C14H31N.C8H19N/c1-4-5-6-7-8-9-10-11-12-13-14-15(2)3;1-6-9(7(2)3)8(4)5/h4-14H2,1-3H3;7-8H,6H2,1-5H3. The highest BCUT2D eigenvalue weighted by molar-refractivity contribution is 4.64. The molecule has 0 N–H and O–H groups in total. The van der Waals surface area contributed by atoms with Crippen LogP contribution in [0.25, 0.3) is 0 Å². The normalized spacial score (nSPS) is 11.5. The number of nitrogens with zero attached hydrogens (tertiary/aromatic N) is 2. The van der Waals surface area contributed by atoms with Crippen molar-refractivity contribution < 1.29 is 0 Å². The van der Waals surface area contributed by atoms with Crippen molar-refractivity contribution in [1.82, 2.24) is 9.80 Å². The highest BCUT2D eigenvalue weighted by Gasteiger charge is 2.09. The topological polar surface area (TPSA) is 6.48 Å². The first-order valence-electron chi connectivity index (χ1n) is 10.8. The van der Waals surface area contributed by atoms with Gasteiger partial charge in [-0.15, -0.1) is 0 Å². The van der Waals surface area contributed by atoms with Crippen LogP contribution in [0.1, 0.15) is 106 Å². The molecule has 0 aliphatic carbocycles. The van der Waals surface area contributed by atoms with Crippen LogP contribution in [0.5, 0.6) is 0 Å². The molecule has 0 amide bonds. The van der Waals surface area contributed by atoms with Crippen LogP contribution >= 0.6 is 0 Å². The summed E-state index contributed by atoms with van der Waals surface area (Å²) in [6.45, 7) is 15.9. The van der Waals surface area contributed by atoms with Crippen molar-refractivity contribution in [2.24, 2.45) is 0 Å². The van der Waals surface area contributed by atoms with Crippen molar-refractivity contribution in [1.29, 1.82) is 0 Å². The van der Waals surface area contributed by atoms with Crippen LogP contribution < -0.4 is 0 Å². The summed E-state index contributed by atoms with van der Waals surface area (Å²) in [4.78, 5) is 4.74. The minimum Gasteiger partial charge on any atom is -0.309 e. The van der Waals surface area contributed by atoms with Crippen LogP contribution in [0.4, 0.5) is 0 Å². The first-order chi connectivity index (χ1) is 11.4. The van der Waals surface area contributed by atoms with E-state index in [1.54, 1.807) is 0 Å². The molecule has 0 aromatic rings. The Kier molecular flexibility index (Phi) is 21.0. The van der Waals surface area contributed by atoms with Crippen LogP contribution in [0.2, 0.25) is 0 Å². The molecule has 2 heteroatoms. The van der Waals surface area contributed by atoms with Gasteiger partial charge in [0.15, 0.2) is 0 Å². The Balaban J connectivity index is 0. The van der Waals surface area contributed by atoms with Gasteiger partial charge in [0, 0.05) is 12.1 Å². The molecule has 0 aliphatic rings. The van der Waals surface area contributed by atoms with Crippen LogP contribution in [-0.2, 0) is 0 Å². The molecular weight excluding hydrogens is 292 g/mol. The molecule has 148 valence electrons. The second-order valence-electron chi connectivity index (χ2n) is 8.00. The van der Waals surface area contributed by atoms with E-state index in [9.17, 15) is 0 Å². The van der Waals surface area contributed by atoms with Gasteiger partial charge >= 0.3 is 0 Å². The molecule has 0 rings (SSSR count). The van der Waals surface area contributed by atoms with Gasteiger partial charge in [-0.2, -0.15) is 0 Å². The molecule has 0 aromatic heterocycles. The van der Waals surface area contributed by atoms with Crippen molar-refractivity contribution >= 4 is 0 Å². The number of hydrogen-bond acceptors (Lipinski definition) is 2. The summed E-state index contributed by atoms with van der Waals surface area (Å²) in [7, 11) is 4.32. The van der Waals surface area contributed by atoms with E-state index in [4.69, 9.17) is 0 Å². The van der Waals surface area contributed by atoms with Gasteiger partial charge in [0.05, 0.1) is 0 Å². The zero-order chi connectivity index (χ0) is 18.8. The predicted octanol–water partition coefficient (Wildman–Crippen LogP) is 6.59. The molecule has 0 saturated carbocycles. The molecule has 24 heavy (non-hydrogen) atoms. The van der Waals surface area contributed by atoms with Crippen molar-refractivity contribution in [3.8, 4) is 0 Å². The summed E-state index contributed by atoms with van der Waals surface area (Å²) in [6, 6.07) is 1.38. The lowest BCUT2D eigenvalue weighted by atomic mass is 10.1. The smallest absolute Gasteiger partial charge is 0.00411 e. The minimum absolute atomic E-state index is 0.690. The Hall–Kier alpha value is -0.0800. The fourth-order valence-corrected chi connectivity index (χ4v) is 3.24. The quantitative estimate of drug-likeness (QED) is 0.328. The molecule has 0 heterocycles. The lowest BCUT2D eigenvalue weighted by Crippen LogP contribution is -2.36. The van der Waals surface area contributed by atoms with Crippen molar-refractivity contribution in [2.75, 3.05) is 27.2 Å². The van der Waals surface area contributed by atoms with Gasteiger partial charge in [0.2, 0.25) is 0 Å². The van der Waals surface area contributed by atoms with Gasteiger partial charge in [0.25, 0.3) is 0 Å². The second kappa shape index (κ2) is 19.2. The Morgan fingerprint density at radius 2 is 0.958 bits per heavy atom. The molecule has 0 atom stereocenters. The maximum Gasteiger partial charge on any atom is 0.00411 e. The van der Waals surface area contributed by atoms with Crippen LogP contribution in [0.15, 0.2) is 0 Å². The Morgan fingerprint density at radius 3 is 1.21 bits per heavy atom. The van der Waals surface area contributed by atoms with Gasteiger partial charge in [0.1, 0.15) is 0 Å². The van der Waals surface area contributed by atoms with Gasteiger partial charge in [-0.05, 0) is 61.3 Å². The van der Waals surface area contributed by atoms with E-state index in [0.29, 0.717) is 12.1 Å². The van der Waals surface area contributed by atoms with Crippen molar-refractivity contribution in [3.63, 3.8) is 0 Å². The van der Waals surface area contributed by atoms with E-state index >= 15 is 0 Å². The van der Waals surface area contributed by atoms with Gasteiger partial charge in [-0.25, -0.2) is 0 Å². The zero-order valence-corrected chi connectivity index (χ0v) is 18.5. The Bertz CT molecular complexity index is 216. The van der Waals surface area contributed by atoms with Gasteiger partial charge in [-0.3, -0.25) is 4.90 Å². The fourth-order valence-electron chi connectivity index (χ4n) is 3.24. The average Bonchev–Trinajstić information content (AvgIpc) is 2.49. The molecule has 0 fully saturated rings. The number of hydrogen-bond donors (Lipinski definition) is 0. The molecule has 0 aliphatic heterocycles.